The second kappa shape index (κ2) is 4.33. The number of aliphatic hydroxyl groups is 1. The quantitative estimate of drug-likeness (QED) is 0.782. The number of carbonyl (C=O) groups excluding carboxylic acids is 1. The Balaban J connectivity index is 2.72. The van der Waals surface area contributed by atoms with Crippen molar-refractivity contribution in [2.75, 3.05) is 7.11 Å². The molecular formula is C13H12O3. The van der Waals surface area contributed by atoms with E-state index in [9.17, 15) is 9.90 Å². The highest BCUT2D eigenvalue weighted by Gasteiger charge is 2.13. The molecule has 0 fully saturated rings. The van der Waals surface area contributed by atoms with Crippen molar-refractivity contribution in [1.82, 2.24) is 0 Å². The van der Waals surface area contributed by atoms with Gasteiger partial charge in [-0.05, 0) is 22.4 Å². The molecule has 0 amide bonds. The first-order chi connectivity index (χ1) is 7.77. The van der Waals surface area contributed by atoms with E-state index in [1.807, 2.05) is 30.3 Å². The van der Waals surface area contributed by atoms with Crippen LogP contribution in [-0.4, -0.2) is 18.2 Å². The van der Waals surface area contributed by atoms with Crippen LogP contribution in [0.1, 0.15) is 15.9 Å². The molecule has 0 heterocycles. The van der Waals surface area contributed by atoms with Gasteiger partial charge >= 0.3 is 5.97 Å². The van der Waals surface area contributed by atoms with E-state index in [1.54, 1.807) is 6.07 Å². The molecule has 2 rings (SSSR count). The number of carbonyl (C=O) groups is 1. The molecule has 0 aliphatic carbocycles. The topological polar surface area (TPSA) is 46.5 Å². The number of hydrogen-bond donors (Lipinski definition) is 1. The van der Waals surface area contributed by atoms with E-state index in [4.69, 9.17) is 0 Å². The summed E-state index contributed by atoms with van der Waals surface area (Å²) in [6.45, 7) is -0.175. The summed E-state index contributed by atoms with van der Waals surface area (Å²) in [5.41, 5.74) is 1.04. The lowest BCUT2D eigenvalue weighted by Gasteiger charge is -2.09. The molecule has 0 saturated carbocycles. The number of benzene rings is 2. The van der Waals surface area contributed by atoms with Crippen molar-refractivity contribution in [3.63, 3.8) is 0 Å². The first-order valence-corrected chi connectivity index (χ1v) is 4.97. The lowest BCUT2D eigenvalue weighted by molar-refractivity contribution is 0.0597. The summed E-state index contributed by atoms with van der Waals surface area (Å²) in [6, 6.07) is 11.1. The van der Waals surface area contributed by atoms with Crippen LogP contribution in [0.4, 0.5) is 0 Å². The van der Waals surface area contributed by atoms with E-state index in [0.717, 1.165) is 10.8 Å². The van der Waals surface area contributed by atoms with Crippen molar-refractivity contribution in [1.29, 1.82) is 0 Å². The van der Waals surface area contributed by atoms with Gasteiger partial charge < -0.3 is 9.84 Å². The van der Waals surface area contributed by atoms with Crippen LogP contribution in [0.25, 0.3) is 10.8 Å². The first-order valence-electron chi connectivity index (χ1n) is 4.97. The Bertz CT molecular complexity index is 532. The Hall–Kier alpha value is -1.87. The second-order valence-corrected chi connectivity index (χ2v) is 3.46. The van der Waals surface area contributed by atoms with Gasteiger partial charge in [0.15, 0.2) is 0 Å². The van der Waals surface area contributed by atoms with E-state index in [1.165, 1.54) is 7.11 Å². The predicted molar refractivity (Wildman–Crippen MR) is 61.2 cm³/mol. The van der Waals surface area contributed by atoms with Gasteiger partial charge in [0.1, 0.15) is 0 Å². The van der Waals surface area contributed by atoms with Crippen LogP contribution >= 0.6 is 0 Å². The van der Waals surface area contributed by atoms with Crippen molar-refractivity contribution in [3.8, 4) is 0 Å². The number of hydrogen-bond acceptors (Lipinski definition) is 3. The van der Waals surface area contributed by atoms with Crippen LogP contribution in [0.3, 0.4) is 0 Å². The normalized spacial score (nSPS) is 10.4. The molecule has 82 valence electrons. The van der Waals surface area contributed by atoms with Crippen LogP contribution in [-0.2, 0) is 11.3 Å². The minimum atomic E-state index is -0.421. The summed E-state index contributed by atoms with van der Waals surface area (Å²) in [5.74, 6) is -0.421. The van der Waals surface area contributed by atoms with Gasteiger partial charge in [-0.3, -0.25) is 0 Å². The third-order valence-corrected chi connectivity index (χ3v) is 2.60. The van der Waals surface area contributed by atoms with Crippen LogP contribution < -0.4 is 0 Å². The number of fused-ring (bicyclic) bond motifs is 1. The highest BCUT2D eigenvalue weighted by atomic mass is 16.5. The fourth-order valence-corrected chi connectivity index (χ4v) is 1.81. The molecule has 0 atom stereocenters. The largest absolute Gasteiger partial charge is 0.465 e. The molecule has 0 aliphatic rings. The Morgan fingerprint density at radius 2 is 2.00 bits per heavy atom. The monoisotopic (exact) mass is 216 g/mol. The number of aliphatic hydroxyl groups excluding tert-OH is 1. The zero-order valence-corrected chi connectivity index (χ0v) is 8.93. The smallest absolute Gasteiger partial charge is 0.338 e. The molecular weight excluding hydrogens is 204 g/mol. The maximum Gasteiger partial charge on any atom is 0.338 e. The van der Waals surface area contributed by atoms with Crippen LogP contribution in [0.15, 0.2) is 36.4 Å². The predicted octanol–water partition coefficient (Wildman–Crippen LogP) is 2.12. The standard InChI is InChI=1S/C13H12O3/c1-16-13(15)11-7-6-9-4-2-3-5-10(9)12(11)8-14/h2-7,14H,8H2,1H3. The van der Waals surface area contributed by atoms with E-state index >= 15 is 0 Å². The van der Waals surface area contributed by atoms with Crippen LogP contribution in [0.2, 0.25) is 0 Å². The molecule has 0 aliphatic heterocycles. The Labute approximate surface area is 93.3 Å². The van der Waals surface area contributed by atoms with Gasteiger partial charge in [-0.25, -0.2) is 4.79 Å². The zero-order chi connectivity index (χ0) is 11.5. The number of ether oxygens (including phenoxy) is 1. The number of rotatable bonds is 2. The molecule has 0 saturated heterocycles. The SMILES string of the molecule is COC(=O)c1ccc2ccccc2c1CO. The lowest BCUT2D eigenvalue weighted by Crippen LogP contribution is -2.06. The van der Waals surface area contributed by atoms with E-state index in [0.29, 0.717) is 11.1 Å². The van der Waals surface area contributed by atoms with Crippen molar-refractivity contribution in [2.45, 2.75) is 6.61 Å². The van der Waals surface area contributed by atoms with E-state index < -0.39 is 5.97 Å². The summed E-state index contributed by atoms with van der Waals surface area (Å²) in [5, 5.41) is 11.2. The van der Waals surface area contributed by atoms with Gasteiger partial charge in [0, 0.05) is 0 Å². The van der Waals surface area contributed by atoms with Gasteiger partial charge in [0.25, 0.3) is 0 Å². The molecule has 3 nitrogen and oxygen atoms in total. The second-order valence-electron chi connectivity index (χ2n) is 3.46. The van der Waals surface area contributed by atoms with Gasteiger partial charge in [0.05, 0.1) is 19.3 Å². The molecule has 0 unspecified atom stereocenters. The molecule has 3 heteroatoms. The molecule has 2 aromatic carbocycles. The summed E-state index contributed by atoms with van der Waals surface area (Å²) >= 11 is 0. The minimum absolute atomic E-state index is 0.175. The minimum Gasteiger partial charge on any atom is -0.465 e. The number of esters is 1. The zero-order valence-electron chi connectivity index (χ0n) is 8.93. The molecule has 1 N–H and O–H groups in total. The Morgan fingerprint density at radius 3 is 2.69 bits per heavy atom. The Morgan fingerprint density at radius 1 is 1.25 bits per heavy atom. The molecule has 2 aromatic rings. The van der Waals surface area contributed by atoms with Gasteiger partial charge in [-0.15, -0.1) is 0 Å². The molecule has 16 heavy (non-hydrogen) atoms. The van der Waals surface area contributed by atoms with Gasteiger partial charge in [-0.2, -0.15) is 0 Å². The van der Waals surface area contributed by atoms with Crippen LogP contribution in [0, 0.1) is 0 Å². The molecule has 0 radical (unpaired) electrons. The highest BCUT2D eigenvalue weighted by molar-refractivity contribution is 5.98. The fourth-order valence-electron chi connectivity index (χ4n) is 1.81. The average molecular weight is 216 g/mol. The van der Waals surface area contributed by atoms with Gasteiger partial charge in [0.2, 0.25) is 0 Å². The fraction of sp³-hybridized carbons (Fsp3) is 0.154. The third-order valence-electron chi connectivity index (χ3n) is 2.60. The van der Waals surface area contributed by atoms with Crippen molar-refractivity contribution in [2.24, 2.45) is 0 Å². The molecule has 0 spiro atoms. The molecule has 0 bridgehead atoms. The van der Waals surface area contributed by atoms with Crippen molar-refractivity contribution < 1.29 is 14.6 Å². The summed E-state index contributed by atoms with van der Waals surface area (Å²) in [6.07, 6.45) is 0. The maximum atomic E-state index is 11.5. The van der Waals surface area contributed by atoms with Gasteiger partial charge in [-0.1, -0.05) is 30.3 Å². The van der Waals surface area contributed by atoms with Crippen molar-refractivity contribution in [3.05, 3.63) is 47.5 Å². The van der Waals surface area contributed by atoms with E-state index in [-0.39, 0.29) is 6.61 Å². The Kier molecular flexibility index (Phi) is 2.88. The van der Waals surface area contributed by atoms with E-state index in [2.05, 4.69) is 4.74 Å². The first kappa shape index (κ1) is 10.6. The van der Waals surface area contributed by atoms with Crippen LogP contribution in [0.5, 0.6) is 0 Å². The third kappa shape index (κ3) is 1.66. The summed E-state index contributed by atoms with van der Waals surface area (Å²) in [7, 11) is 1.33. The number of methoxy groups -OCH3 is 1. The maximum absolute atomic E-state index is 11.5. The summed E-state index contributed by atoms with van der Waals surface area (Å²) in [4.78, 5) is 11.5. The molecule has 0 aromatic heterocycles. The average Bonchev–Trinajstić information content (AvgIpc) is 2.36. The highest BCUT2D eigenvalue weighted by Crippen LogP contribution is 2.23. The lowest BCUT2D eigenvalue weighted by atomic mass is 9.99. The van der Waals surface area contributed by atoms with Crippen molar-refractivity contribution >= 4 is 16.7 Å². The summed E-state index contributed by atoms with van der Waals surface area (Å²) < 4.78 is 4.68.